The zero-order valence-electron chi connectivity index (χ0n) is 7.36. The molecule has 1 saturated heterocycles. The Hall–Kier alpha value is -1.10. The molecule has 1 atom stereocenters. The fourth-order valence-electron chi connectivity index (χ4n) is 1.64. The number of H-pyrrole nitrogens is 1. The second-order valence-electron chi connectivity index (χ2n) is 3.24. The summed E-state index contributed by atoms with van der Waals surface area (Å²) >= 11 is 5.05. The Morgan fingerprint density at radius 3 is 2.92 bits per heavy atom. The number of aromatic nitrogens is 2. The van der Waals surface area contributed by atoms with Crippen LogP contribution in [0.25, 0.3) is 0 Å². The van der Waals surface area contributed by atoms with Gasteiger partial charge in [-0.1, -0.05) is 0 Å². The third kappa shape index (κ3) is 1.29. The van der Waals surface area contributed by atoms with Gasteiger partial charge in [-0.15, -0.1) is 0 Å². The van der Waals surface area contributed by atoms with Crippen LogP contribution in [0, 0.1) is 4.77 Å². The van der Waals surface area contributed by atoms with Crippen LogP contribution < -0.4 is 0 Å². The number of aromatic amines is 1. The normalized spacial score (nSPS) is 22.7. The summed E-state index contributed by atoms with van der Waals surface area (Å²) < 4.78 is 2.44. The summed E-state index contributed by atoms with van der Waals surface area (Å²) in [7, 11) is 1.82. The van der Waals surface area contributed by atoms with E-state index in [9.17, 15) is 4.79 Å². The van der Waals surface area contributed by atoms with Crippen LogP contribution in [0.15, 0.2) is 12.4 Å². The molecule has 70 valence electrons. The Bertz CT molecular complexity index is 381. The van der Waals surface area contributed by atoms with E-state index < -0.39 is 0 Å². The van der Waals surface area contributed by atoms with Gasteiger partial charge in [-0.3, -0.25) is 4.79 Å². The van der Waals surface area contributed by atoms with E-state index in [0.29, 0.717) is 4.77 Å². The molecule has 1 aromatic rings. The summed E-state index contributed by atoms with van der Waals surface area (Å²) in [5.41, 5.74) is 0. The molecule has 0 saturated carbocycles. The number of hydrogen-bond acceptors (Lipinski definition) is 2. The van der Waals surface area contributed by atoms with Crippen LogP contribution in [0.2, 0.25) is 0 Å². The molecule has 1 N–H and O–H groups in total. The van der Waals surface area contributed by atoms with Crippen molar-refractivity contribution in [1.29, 1.82) is 0 Å². The van der Waals surface area contributed by atoms with Gasteiger partial charge >= 0.3 is 0 Å². The average Bonchev–Trinajstić information content (AvgIpc) is 2.62. The SMILES string of the molecule is CN1CCC(n2cc[nH]c2=S)C1=O. The number of amides is 1. The molecule has 1 unspecified atom stereocenters. The third-order valence-electron chi connectivity index (χ3n) is 2.41. The van der Waals surface area contributed by atoms with Crippen LogP contribution in [0.4, 0.5) is 0 Å². The van der Waals surface area contributed by atoms with E-state index in [1.807, 2.05) is 17.8 Å². The first-order chi connectivity index (χ1) is 6.20. The van der Waals surface area contributed by atoms with Crippen molar-refractivity contribution in [3.63, 3.8) is 0 Å². The van der Waals surface area contributed by atoms with Gasteiger partial charge in [-0.2, -0.15) is 0 Å². The maximum absolute atomic E-state index is 11.6. The van der Waals surface area contributed by atoms with Crippen molar-refractivity contribution in [2.24, 2.45) is 0 Å². The molecule has 2 rings (SSSR count). The first kappa shape index (κ1) is 8.50. The van der Waals surface area contributed by atoms with E-state index in [-0.39, 0.29) is 11.9 Å². The second kappa shape index (κ2) is 2.99. The molecule has 5 heteroatoms. The van der Waals surface area contributed by atoms with Crippen LogP contribution in [-0.2, 0) is 4.79 Å². The van der Waals surface area contributed by atoms with E-state index in [1.54, 1.807) is 11.1 Å². The van der Waals surface area contributed by atoms with E-state index >= 15 is 0 Å². The molecule has 2 heterocycles. The molecule has 4 nitrogen and oxygen atoms in total. The number of nitrogens with zero attached hydrogens (tertiary/aromatic N) is 2. The number of likely N-dealkylation sites (N-methyl/N-ethyl adjacent to an activating group) is 1. The van der Waals surface area contributed by atoms with E-state index in [4.69, 9.17) is 12.2 Å². The lowest BCUT2D eigenvalue weighted by atomic mass is 10.2. The first-order valence-electron chi connectivity index (χ1n) is 4.20. The fraction of sp³-hybridized carbons (Fsp3) is 0.500. The predicted molar refractivity (Wildman–Crippen MR) is 50.9 cm³/mol. The van der Waals surface area contributed by atoms with Crippen molar-refractivity contribution in [2.75, 3.05) is 13.6 Å². The summed E-state index contributed by atoms with van der Waals surface area (Å²) in [6, 6.07) is -0.0938. The van der Waals surface area contributed by atoms with Crippen molar-refractivity contribution < 1.29 is 4.79 Å². The largest absolute Gasteiger partial charge is 0.344 e. The Balaban J connectivity index is 2.34. The molecule has 1 aliphatic heterocycles. The van der Waals surface area contributed by atoms with Crippen molar-refractivity contribution in [3.8, 4) is 0 Å². The quantitative estimate of drug-likeness (QED) is 0.681. The standard InChI is InChI=1S/C8H11N3OS/c1-10-4-2-6(7(10)12)11-5-3-9-8(11)13/h3,5-6H,2,4H2,1H3,(H,9,13). The minimum absolute atomic E-state index is 0.0938. The van der Waals surface area contributed by atoms with Gasteiger partial charge in [0.2, 0.25) is 5.91 Å². The van der Waals surface area contributed by atoms with Crippen LogP contribution in [0.3, 0.4) is 0 Å². The molecule has 0 aromatic carbocycles. The number of likely N-dealkylation sites (tertiary alicyclic amines) is 1. The zero-order valence-corrected chi connectivity index (χ0v) is 8.17. The number of imidazole rings is 1. The smallest absolute Gasteiger partial charge is 0.245 e. The maximum atomic E-state index is 11.6. The van der Waals surface area contributed by atoms with E-state index in [1.165, 1.54) is 0 Å². The summed E-state index contributed by atoms with van der Waals surface area (Å²) in [6.07, 6.45) is 4.43. The minimum Gasteiger partial charge on any atom is -0.344 e. The lowest BCUT2D eigenvalue weighted by Crippen LogP contribution is -2.24. The summed E-state index contributed by atoms with van der Waals surface area (Å²) in [5.74, 6) is 0.149. The van der Waals surface area contributed by atoms with Gasteiger partial charge in [0, 0.05) is 26.0 Å². The number of carbonyl (C=O) groups is 1. The molecular weight excluding hydrogens is 186 g/mol. The minimum atomic E-state index is -0.0938. The third-order valence-corrected chi connectivity index (χ3v) is 2.74. The Morgan fingerprint density at radius 2 is 2.46 bits per heavy atom. The number of carbonyl (C=O) groups excluding carboxylic acids is 1. The lowest BCUT2D eigenvalue weighted by Gasteiger charge is -2.10. The van der Waals surface area contributed by atoms with Gasteiger partial charge < -0.3 is 14.5 Å². The molecule has 0 radical (unpaired) electrons. The Kier molecular flexibility index (Phi) is 1.95. The van der Waals surface area contributed by atoms with Gasteiger partial charge in [0.15, 0.2) is 4.77 Å². The summed E-state index contributed by atoms with van der Waals surface area (Å²) in [5, 5.41) is 0. The Labute approximate surface area is 81.2 Å². The van der Waals surface area contributed by atoms with Crippen LogP contribution >= 0.6 is 12.2 Å². The molecule has 0 bridgehead atoms. The van der Waals surface area contributed by atoms with Crippen molar-refractivity contribution in [1.82, 2.24) is 14.5 Å². The average molecular weight is 197 g/mol. The van der Waals surface area contributed by atoms with Crippen molar-refractivity contribution in [3.05, 3.63) is 17.2 Å². The molecule has 1 amide bonds. The Morgan fingerprint density at radius 1 is 1.69 bits per heavy atom. The van der Waals surface area contributed by atoms with Gasteiger partial charge in [0.1, 0.15) is 6.04 Å². The summed E-state index contributed by atoms with van der Waals surface area (Å²) in [4.78, 5) is 16.2. The van der Waals surface area contributed by atoms with Gasteiger partial charge in [-0.05, 0) is 18.6 Å². The zero-order chi connectivity index (χ0) is 9.42. The first-order valence-corrected chi connectivity index (χ1v) is 4.61. The van der Waals surface area contributed by atoms with Crippen molar-refractivity contribution >= 4 is 18.1 Å². The summed E-state index contributed by atoms with van der Waals surface area (Å²) in [6.45, 7) is 0.816. The number of nitrogens with one attached hydrogen (secondary N) is 1. The molecule has 1 fully saturated rings. The highest BCUT2D eigenvalue weighted by Crippen LogP contribution is 2.21. The maximum Gasteiger partial charge on any atom is 0.245 e. The number of hydrogen-bond donors (Lipinski definition) is 1. The van der Waals surface area contributed by atoms with E-state index in [2.05, 4.69) is 4.98 Å². The molecule has 0 aliphatic carbocycles. The fourth-order valence-corrected chi connectivity index (χ4v) is 1.89. The van der Waals surface area contributed by atoms with Gasteiger partial charge in [0.25, 0.3) is 0 Å². The topological polar surface area (TPSA) is 41.0 Å². The molecule has 1 aromatic heterocycles. The monoisotopic (exact) mass is 197 g/mol. The predicted octanol–water partition coefficient (Wildman–Crippen LogP) is 0.949. The number of rotatable bonds is 1. The second-order valence-corrected chi connectivity index (χ2v) is 3.62. The van der Waals surface area contributed by atoms with E-state index in [0.717, 1.165) is 13.0 Å². The molecular formula is C8H11N3OS. The molecule has 1 aliphatic rings. The lowest BCUT2D eigenvalue weighted by molar-refractivity contribution is -0.129. The van der Waals surface area contributed by atoms with Crippen LogP contribution in [0.5, 0.6) is 0 Å². The highest BCUT2D eigenvalue weighted by atomic mass is 32.1. The molecule has 0 spiro atoms. The van der Waals surface area contributed by atoms with Gasteiger partial charge in [-0.25, -0.2) is 0 Å². The van der Waals surface area contributed by atoms with Gasteiger partial charge in [0.05, 0.1) is 0 Å². The highest BCUT2D eigenvalue weighted by Gasteiger charge is 2.30. The van der Waals surface area contributed by atoms with Crippen LogP contribution in [0.1, 0.15) is 12.5 Å². The molecule has 13 heavy (non-hydrogen) atoms. The highest BCUT2D eigenvalue weighted by molar-refractivity contribution is 7.71. The van der Waals surface area contributed by atoms with Crippen molar-refractivity contribution in [2.45, 2.75) is 12.5 Å². The van der Waals surface area contributed by atoms with Crippen LogP contribution in [-0.4, -0.2) is 34.0 Å².